The van der Waals surface area contributed by atoms with Gasteiger partial charge >= 0.3 is 0 Å². The number of halogens is 1. The number of aromatic nitrogens is 2. The Hall–Kier alpha value is -1.37. The zero-order valence-electron chi connectivity index (χ0n) is 9.73. The van der Waals surface area contributed by atoms with Gasteiger partial charge in [-0.3, -0.25) is 0 Å². The molecule has 18 heavy (non-hydrogen) atoms. The molecule has 1 aliphatic rings. The van der Waals surface area contributed by atoms with Crippen molar-refractivity contribution in [2.24, 2.45) is 0 Å². The summed E-state index contributed by atoms with van der Waals surface area (Å²) in [5.74, 6) is 1.71. The molecule has 0 unspecified atom stereocenters. The van der Waals surface area contributed by atoms with Gasteiger partial charge in [-0.1, -0.05) is 18.2 Å². The first-order chi connectivity index (χ1) is 8.74. The fourth-order valence-corrected chi connectivity index (χ4v) is 2.50. The lowest BCUT2D eigenvalue weighted by molar-refractivity contribution is 0.982. The normalized spacial score (nSPS) is 14.5. The third-order valence-electron chi connectivity index (χ3n) is 2.90. The van der Waals surface area contributed by atoms with E-state index in [1.54, 1.807) is 0 Å². The third kappa shape index (κ3) is 2.40. The van der Waals surface area contributed by atoms with Gasteiger partial charge in [0.2, 0.25) is 5.95 Å². The molecule has 1 aliphatic carbocycles. The van der Waals surface area contributed by atoms with Crippen molar-refractivity contribution in [3.63, 3.8) is 0 Å². The van der Waals surface area contributed by atoms with Gasteiger partial charge in [-0.05, 0) is 47.6 Å². The number of anilines is 3. The van der Waals surface area contributed by atoms with Crippen molar-refractivity contribution in [3.05, 3.63) is 39.6 Å². The van der Waals surface area contributed by atoms with E-state index in [1.165, 1.54) is 12.8 Å². The second-order valence-corrected chi connectivity index (χ2v) is 5.48. The van der Waals surface area contributed by atoms with Crippen LogP contribution >= 0.6 is 22.6 Å². The van der Waals surface area contributed by atoms with E-state index < -0.39 is 0 Å². The highest BCUT2D eigenvalue weighted by Crippen LogP contribution is 2.42. The standard InChI is InChI=1S/C13H13IN4/c14-10-11(8-6-7-8)17-13(18-12(10)15)16-9-4-2-1-3-5-9/h1-5,8H,6-7H2,(H3,15,16,17,18). The van der Waals surface area contributed by atoms with Gasteiger partial charge in [0.25, 0.3) is 0 Å². The number of nitrogens with two attached hydrogens (primary N) is 1. The van der Waals surface area contributed by atoms with Gasteiger partial charge in [-0.2, -0.15) is 4.98 Å². The molecule has 0 amide bonds. The first kappa shape index (κ1) is 11.7. The molecule has 92 valence electrons. The van der Waals surface area contributed by atoms with E-state index in [4.69, 9.17) is 5.73 Å². The molecule has 0 radical (unpaired) electrons. The molecule has 1 fully saturated rings. The summed E-state index contributed by atoms with van der Waals surface area (Å²) in [6, 6.07) is 9.88. The van der Waals surface area contributed by atoms with Crippen molar-refractivity contribution in [1.82, 2.24) is 9.97 Å². The minimum atomic E-state index is 0.561. The van der Waals surface area contributed by atoms with Gasteiger partial charge in [-0.25, -0.2) is 4.98 Å². The smallest absolute Gasteiger partial charge is 0.229 e. The monoisotopic (exact) mass is 352 g/mol. The van der Waals surface area contributed by atoms with Crippen LogP contribution in [0.1, 0.15) is 24.5 Å². The van der Waals surface area contributed by atoms with E-state index >= 15 is 0 Å². The van der Waals surface area contributed by atoms with E-state index in [1.807, 2.05) is 30.3 Å². The molecule has 0 bridgehead atoms. The highest BCUT2D eigenvalue weighted by atomic mass is 127. The van der Waals surface area contributed by atoms with Crippen molar-refractivity contribution in [3.8, 4) is 0 Å². The molecule has 3 N–H and O–H groups in total. The molecular weight excluding hydrogens is 339 g/mol. The SMILES string of the molecule is Nc1nc(Nc2ccccc2)nc(C2CC2)c1I. The second-order valence-electron chi connectivity index (χ2n) is 4.40. The number of para-hydroxylation sites is 1. The van der Waals surface area contributed by atoms with Gasteiger partial charge in [0, 0.05) is 11.6 Å². The lowest BCUT2D eigenvalue weighted by Crippen LogP contribution is -2.06. The summed E-state index contributed by atoms with van der Waals surface area (Å²) in [5.41, 5.74) is 8.00. The number of nitrogens with zero attached hydrogens (tertiary/aromatic N) is 2. The lowest BCUT2D eigenvalue weighted by Gasteiger charge is -2.09. The van der Waals surface area contributed by atoms with Crippen LogP contribution in [0.15, 0.2) is 30.3 Å². The van der Waals surface area contributed by atoms with Gasteiger partial charge in [0.05, 0.1) is 9.26 Å². The first-order valence-electron chi connectivity index (χ1n) is 5.89. The average Bonchev–Trinajstić information content (AvgIpc) is 3.19. The molecule has 1 aromatic heterocycles. The van der Waals surface area contributed by atoms with Crippen LogP contribution in [0.3, 0.4) is 0 Å². The lowest BCUT2D eigenvalue weighted by atomic mass is 10.3. The largest absolute Gasteiger partial charge is 0.383 e. The number of nitrogen functional groups attached to an aromatic ring is 1. The summed E-state index contributed by atoms with van der Waals surface area (Å²) >= 11 is 2.23. The van der Waals surface area contributed by atoms with Crippen molar-refractivity contribution in [1.29, 1.82) is 0 Å². The summed E-state index contributed by atoms with van der Waals surface area (Å²) < 4.78 is 0.994. The average molecular weight is 352 g/mol. The molecule has 1 aromatic carbocycles. The quantitative estimate of drug-likeness (QED) is 0.833. The van der Waals surface area contributed by atoms with Gasteiger partial charge in [0.15, 0.2) is 0 Å². The van der Waals surface area contributed by atoms with Crippen molar-refractivity contribution < 1.29 is 0 Å². The Bertz CT molecular complexity index is 567. The number of nitrogens with one attached hydrogen (secondary N) is 1. The maximum Gasteiger partial charge on any atom is 0.229 e. The summed E-state index contributed by atoms with van der Waals surface area (Å²) in [6.07, 6.45) is 2.41. The summed E-state index contributed by atoms with van der Waals surface area (Å²) in [7, 11) is 0. The molecule has 3 rings (SSSR count). The Morgan fingerprint density at radius 2 is 1.89 bits per heavy atom. The van der Waals surface area contributed by atoms with Crippen LogP contribution in [0.2, 0.25) is 0 Å². The molecule has 1 heterocycles. The maximum atomic E-state index is 5.94. The topological polar surface area (TPSA) is 63.8 Å². The van der Waals surface area contributed by atoms with Crippen LogP contribution in [-0.4, -0.2) is 9.97 Å². The maximum absolute atomic E-state index is 5.94. The molecule has 5 heteroatoms. The Labute approximate surface area is 119 Å². The fourth-order valence-electron chi connectivity index (χ4n) is 1.82. The third-order valence-corrected chi connectivity index (χ3v) is 4.00. The van der Waals surface area contributed by atoms with E-state index in [0.717, 1.165) is 15.0 Å². The predicted molar refractivity (Wildman–Crippen MR) is 80.9 cm³/mol. The minimum Gasteiger partial charge on any atom is -0.383 e. The highest BCUT2D eigenvalue weighted by Gasteiger charge is 2.29. The predicted octanol–water partition coefficient (Wildman–Crippen LogP) is 3.28. The molecule has 0 spiro atoms. The van der Waals surface area contributed by atoms with E-state index in [-0.39, 0.29) is 0 Å². The molecule has 0 saturated heterocycles. The Morgan fingerprint density at radius 3 is 2.56 bits per heavy atom. The number of hydrogen-bond donors (Lipinski definition) is 2. The number of rotatable bonds is 3. The van der Waals surface area contributed by atoms with Crippen LogP contribution in [0.25, 0.3) is 0 Å². The van der Waals surface area contributed by atoms with Gasteiger partial charge in [-0.15, -0.1) is 0 Å². The highest BCUT2D eigenvalue weighted by molar-refractivity contribution is 14.1. The van der Waals surface area contributed by atoms with E-state index in [2.05, 4.69) is 37.9 Å². The zero-order chi connectivity index (χ0) is 12.5. The molecular formula is C13H13IN4. The van der Waals surface area contributed by atoms with Crippen LogP contribution in [0.4, 0.5) is 17.5 Å². The summed E-state index contributed by atoms with van der Waals surface area (Å²) in [5, 5.41) is 3.19. The fraction of sp³-hybridized carbons (Fsp3) is 0.231. The van der Waals surface area contributed by atoms with Crippen LogP contribution < -0.4 is 11.1 Å². The minimum absolute atomic E-state index is 0.561. The second kappa shape index (κ2) is 4.72. The van der Waals surface area contributed by atoms with Gasteiger partial charge in [0.1, 0.15) is 5.82 Å². The number of benzene rings is 1. The summed E-state index contributed by atoms with van der Waals surface area (Å²) in [4.78, 5) is 8.87. The van der Waals surface area contributed by atoms with E-state index in [9.17, 15) is 0 Å². The molecule has 0 aliphatic heterocycles. The van der Waals surface area contributed by atoms with Crippen molar-refractivity contribution in [2.45, 2.75) is 18.8 Å². The Kier molecular flexibility index (Phi) is 3.07. The molecule has 0 atom stereocenters. The Morgan fingerprint density at radius 1 is 1.17 bits per heavy atom. The van der Waals surface area contributed by atoms with Crippen molar-refractivity contribution in [2.75, 3.05) is 11.1 Å². The Balaban J connectivity index is 1.93. The molecule has 4 nitrogen and oxygen atoms in total. The first-order valence-corrected chi connectivity index (χ1v) is 6.97. The van der Waals surface area contributed by atoms with Crippen molar-refractivity contribution >= 4 is 40.0 Å². The zero-order valence-corrected chi connectivity index (χ0v) is 11.9. The van der Waals surface area contributed by atoms with Gasteiger partial charge < -0.3 is 11.1 Å². The summed E-state index contributed by atoms with van der Waals surface area (Å²) in [6.45, 7) is 0. The van der Waals surface area contributed by atoms with E-state index in [0.29, 0.717) is 17.7 Å². The van der Waals surface area contributed by atoms with Crippen LogP contribution in [-0.2, 0) is 0 Å². The molecule has 1 saturated carbocycles. The van der Waals surface area contributed by atoms with Crippen LogP contribution in [0.5, 0.6) is 0 Å². The molecule has 2 aromatic rings. The number of hydrogen-bond acceptors (Lipinski definition) is 4. The van der Waals surface area contributed by atoms with Crippen LogP contribution in [0, 0.1) is 3.57 Å².